The van der Waals surface area contributed by atoms with Crippen LogP contribution in [0.4, 0.5) is 13.2 Å². The van der Waals surface area contributed by atoms with Gasteiger partial charge in [0.2, 0.25) is 0 Å². The van der Waals surface area contributed by atoms with E-state index < -0.39 is 17.6 Å². The largest absolute Gasteiger partial charge is 0.391 e. The van der Waals surface area contributed by atoms with Gasteiger partial charge in [-0.1, -0.05) is 0 Å². The average Bonchev–Trinajstić information content (AvgIpc) is 2.82. The van der Waals surface area contributed by atoms with E-state index >= 15 is 0 Å². The summed E-state index contributed by atoms with van der Waals surface area (Å²) in [7, 11) is 0. The third-order valence-corrected chi connectivity index (χ3v) is 4.20. The van der Waals surface area contributed by atoms with Crippen LogP contribution in [0.5, 0.6) is 0 Å². The van der Waals surface area contributed by atoms with Crippen LogP contribution in [-0.2, 0) is 0 Å². The molecule has 0 bridgehead atoms. The van der Waals surface area contributed by atoms with Gasteiger partial charge in [0, 0.05) is 0 Å². The van der Waals surface area contributed by atoms with Gasteiger partial charge in [0.05, 0.1) is 12.0 Å². The van der Waals surface area contributed by atoms with Crippen LogP contribution in [0.3, 0.4) is 0 Å². The lowest BCUT2D eigenvalue weighted by atomic mass is 9.76. The third kappa shape index (κ3) is 2.42. The molecule has 0 N–H and O–H groups in total. The number of likely N-dealkylation sites (tertiary alicyclic amines) is 1. The minimum atomic E-state index is -4.09. The van der Waals surface area contributed by atoms with Crippen LogP contribution in [0, 0.1) is 17.2 Å². The zero-order valence-corrected chi connectivity index (χ0v) is 9.76. The Labute approximate surface area is 99.4 Å². The minimum absolute atomic E-state index is 0.105. The summed E-state index contributed by atoms with van der Waals surface area (Å²) < 4.78 is 37.7. The molecule has 0 aromatic carbocycles. The van der Waals surface area contributed by atoms with Gasteiger partial charge in [-0.05, 0) is 51.6 Å². The van der Waals surface area contributed by atoms with Gasteiger partial charge in [0.25, 0.3) is 0 Å². The summed E-state index contributed by atoms with van der Waals surface area (Å²) in [4.78, 5) is 2.10. The zero-order chi connectivity index (χ0) is 12.5. The van der Waals surface area contributed by atoms with Gasteiger partial charge in [-0.2, -0.15) is 18.4 Å². The molecule has 96 valence electrons. The summed E-state index contributed by atoms with van der Waals surface area (Å²) in [6.45, 7) is 1.73. The van der Waals surface area contributed by atoms with Gasteiger partial charge in [0.15, 0.2) is 0 Å². The van der Waals surface area contributed by atoms with Crippen LogP contribution in [0.1, 0.15) is 38.5 Å². The van der Waals surface area contributed by atoms with Crippen molar-refractivity contribution in [2.45, 2.75) is 50.2 Å². The molecule has 2 aliphatic rings. The van der Waals surface area contributed by atoms with Gasteiger partial charge >= 0.3 is 6.18 Å². The molecular weight excluding hydrogens is 229 g/mol. The Bertz CT molecular complexity index is 305. The summed E-state index contributed by atoms with van der Waals surface area (Å²) in [6, 6.07) is 2.29. The predicted octanol–water partition coefficient (Wildman–Crippen LogP) is 3.10. The molecule has 1 aliphatic carbocycles. The molecule has 0 aromatic heterocycles. The van der Waals surface area contributed by atoms with Crippen molar-refractivity contribution in [3.63, 3.8) is 0 Å². The molecule has 2 fully saturated rings. The SMILES string of the molecule is N#CC1(N2CCCC2)CCC(C(F)(F)F)CC1. The molecule has 1 saturated carbocycles. The smallest absolute Gasteiger partial charge is 0.286 e. The number of nitrogens with zero attached hydrogens (tertiary/aromatic N) is 2. The minimum Gasteiger partial charge on any atom is -0.286 e. The Balaban J connectivity index is 2.02. The zero-order valence-electron chi connectivity index (χ0n) is 9.76. The molecule has 2 rings (SSSR count). The molecular formula is C12H17F3N2. The monoisotopic (exact) mass is 246 g/mol. The molecule has 0 aromatic rings. The van der Waals surface area contributed by atoms with Gasteiger partial charge in [0.1, 0.15) is 5.54 Å². The van der Waals surface area contributed by atoms with E-state index in [4.69, 9.17) is 0 Å². The van der Waals surface area contributed by atoms with E-state index in [9.17, 15) is 18.4 Å². The average molecular weight is 246 g/mol. The topological polar surface area (TPSA) is 27.0 Å². The van der Waals surface area contributed by atoms with E-state index in [1.54, 1.807) is 0 Å². The number of hydrogen-bond donors (Lipinski definition) is 0. The first-order chi connectivity index (χ1) is 7.98. The van der Waals surface area contributed by atoms with E-state index in [2.05, 4.69) is 11.0 Å². The Morgan fingerprint density at radius 2 is 1.65 bits per heavy atom. The molecule has 0 spiro atoms. The lowest BCUT2D eigenvalue weighted by Gasteiger charge is -2.41. The number of hydrogen-bond acceptors (Lipinski definition) is 2. The lowest BCUT2D eigenvalue weighted by molar-refractivity contribution is -0.186. The molecule has 0 unspecified atom stereocenters. The fraction of sp³-hybridized carbons (Fsp3) is 0.917. The molecule has 0 radical (unpaired) electrons. The molecule has 0 amide bonds. The van der Waals surface area contributed by atoms with E-state index in [0.29, 0.717) is 12.8 Å². The van der Waals surface area contributed by atoms with Crippen LogP contribution >= 0.6 is 0 Å². The second-order valence-electron chi connectivity index (χ2n) is 5.15. The number of nitriles is 1. The highest BCUT2D eigenvalue weighted by Crippen LogP contribution is 2.43. The van der Waals surface area contributed by atoms with Crippen molar-refractivity contribution in [2.24, 2.45) is 5.92 Å². The second kappa shape index (κ2) is 4.49. The first-order valence-electron chi connectivity index (χ1n) is 6.21. The Morgan fingerprint density at radius 1 is 1.12 bits per heavy atom. The van der Waals surface area contributed by atoms with E-state index in [1.807, 2.05) is 0 Å². The molecule has 5 heteroatoms. The standard InChI is InChI=1S/C12H17F3N2/c13-12(14,15)10-3-5-11(9-16,6-4-10)17-7-1-2-8-17/h10H,1-8H2. The van der Waals surface area contributed by atoms with Crippen LogP contribution in [0.2, 0.25) is 0 Å². The molecule has 1 saturated heterocycles. The highest BCUT2D eigenvalue weighted by molar-refractivity contribution is 5.11. The summed E-state index contributed by atoms with van der Waals surface area (Å²) in [5.74, 6) is -1.20. The van der Waals surface area contributed by atoms with Crippen molar-refractivity contribution in [1.82, 2.24) is 4.90 Å². The van der Waals surface area contributed by atoms with Crippen LogP contribution in [0.25, 0.3) is 0 Å². The molecule has 0 atom stereocenters. The van der Waals surface area contributed by atoms with Gasteiger partial charge < -0.3 is 0 Å². The number of halogens is 3. The Morgan fingerprint density at radius 3 is 2.06 bits per heavy atom. The van der Waals surface area contributed by atoms with E-state index in [0.717, 1.165) is 25.9 Å². The van der Waals surface area contributed by atoms with E-state index in [1.165, 1.54) is 0 Å². The summed E-state index contributed by atoms with van der Waals surface area (Å²) >= 11 is 0. The highest BCUT2D eigenvalue weighted by Gasteiger charge is 2.48. The molecule has 1 aliphatic heterocycles. The molecule has 1 heterocycles. The summed E-state index contributed by atoms with van der Waals surface area (Å²) in [5, 5.41) is 9.32. The fourth-order valence-electron chi connectivity index (χ4n) is 3.07. The second-order valence-corrected chi connectivity index (χ2v) is 5.15. The van der Waals surface area contributed by atoms with Crippen LogP contribution in [-0.4, -0.2) is 29.7 Å². The van der Waals surface area contributed by atoms with Gasteiger partial charge in [-0.3, -0.25) is 4.90 Å². The first kappa shape index (κ1) is 12.7. The summed E-state index contributed by atoms with van der Waals surface area (Å²) in [6.07, 6.45) is -1.02. The van der Waals surface area contributed by atoms with Crippen molar-refractivity contribution >= 4 is 0 Å². The lowest BCUT2D eigenvalue weighted by Crippen LogP contribution is -2.49. The van der Waals surface area contributed by atoms with Gasteiger partial charge in [-0.25, -0.2) is 0 Å². The third-order valence-electron chi connectivity index (χ3n) is 4.20. The first-order valence-corrected chi connectivity index (χ1v) is 6.21. The Hall–Kier alpha value is -0.760. The number of alkyl halides is 3. The molecule has 17 heavy (non-hydrogen) atoms. The van der Waals surface area contributed by atoms with Crippen molar-refractivity contribution in [2.75, 3.05) is 13.1 Å². The van der Waals surface area contributed by atoms with Crippen molar-refractivity contribution in [3.05, 3.63) is 0 Å². The maximum Gasteiger partial charge on any atom is 0.391 e. The predicted molar refractivity (Wildman–Crippen MR) is 57.2 cm³/mol. The highest BCUT2D eigenvalue weighted by atomic mass is 19.4. The van der Waals surface area contributed by atoms with Crippen molar-refractivity contribution in [3.8, 4) is 6.07 Å². The quantitative estimate of drug-likeness (QED) is 0.711. The maximum atomic E-state index is 12.6. The molecule has 2 nitrogen and oxygen atoms in total. The maximum absolute atomic E-state index is 12.6. The van der Waals surface area contributed by atoms with E-state index in [-0.39, 0.29) is 12.8 Å². The fourth-order valence-corrected chi connectivity index (χ4v) is 3.07. The number of rotatable bonds is 1. The van der Waals surface area contributed by atoms with Crippen LogP contribution < -0.4 is 0 Å². The van der Waals surface area contributed by atoms with Crippen molar-refractivity contribution in [1.29, 1.82) is 5.26 Å². The van der Waals surface area contributed by atoms with Crippen LogP contribution in [0.15, 0.2) is 0 Å². The van der Waals surface area contributed by atoms with Gasteiger partial charge in [-0.15, -0.1) is 0 Å². The normalized spacial score (nSPS) is 35.8. The Kier molecular flexibility index (Phi) is 3.35. The summed E-state index contributed by atoms with van der Waals surface area (Å²) in [5.41, 5.74) is -0.613. The van der Waals surface area contributed by atoms with Crippen molar-refractivity contribution < 1.29 is 13.2 Å².